The smallest absolute Gasteiger partial charge is 0.255 e. The molecule has 29 heavy (non-hydrogen) atoms. The number of nitrogens with zero attached hydrogens (tertiary/aromatic N) is 4. The summed E-state index contributed by atoms with van der Waals surface area (Å²) in [5.41, 5.74) is 3.39. The van der Waals surface area contributed by atoms with Crippen molar-refractivity contribution in [1.82, 2.24) is 24.7 Å². The number of amides is 1. The zero-order valence-corrected chi connectivity index (χ0v) is 15.7. The lowest BCUT2D eigenvalue weighted by molar-refractivity contribution is 0.102. The Hall–Kier alpha value is -3.74. The van der Waals surface area contributed by atoms with Crippen molar-refractivity contribution in [1.29, 1.82) is 0 Å². The van der Waals surface area contributed by atoms with Crippen LogP contribution in [-0.2, 0) is 6.54 Å². The van der Waals surface area contributed by atoms with E-state index in [9.17, 15) is 4.79 Å². The summed E-state index contributed by atoms with van der Waals surface area (Å²) < 4.78 is 1.98. The second kappa shape index (κ2) is 7.35. The Morgan fingerprint density at radius 3 is 2.59 bits per heavy atom. The Labute approximate surface area is 167 Å². The van der Waals surface area contributed by atoms with Crippen molar-refractivity contribution in [2.45, 2.75) is 25.3 Å². The molecule has 2 N–H and O–H groups in total. The van der Waals surface area contributed by atoms with Crippen LogP contribution >= 0.6 is 0 Å². The van der Waals surface area contributed by atoms with Gasteiger partial charge in [-0.2, -0.15) is 5.10 Å². The lowest BCUT2D eigenvalue weighted by atomic mass is 10.1. The number of nitrogens with one attached hydrogen (secondary N) is 2. The molecule has 7 nitrogen and oxygen atoms in total. The quantitative estimate of drug-likeness (QED) is 0.528. The molecule has 0 unspecified atom stereocenters. The van der Waals surface area contributed by atoms with E-state index in [0.717, 1.165) is 29.2 Å². The molecule has 0 radical (unpaired) electrons. The molecule has 0 saturated heterocycles. The first-order chi connectivity index (χ1) is 14.2. The van der Waals surface area contributed by atoms with Gasteiger partial charge in [0.2, 0.25) is 0 Å². The normalized spacial score (nSPS) is 13.4. The molecule has 0 bridgehead atoms. The predicted octanol–water partition coefficient (Wildman–Crippen LogP) is 3.85. The van der Waals surface area contributed by atoms with E-state index in [0.29, 0.717) is 17.3 Å². The van der Waals surface area contributed by atoms with Crippen LogP contribution in [0.25, 0.3) is 11.4 Å². The Balaban J connectivity index is 1.23. The van der Waals surface area contributed by atoms with Gasteiger partial charge in [-0.25, -0.2) is 9.97 Å². The number of H-pyrrole nitrogens is 1. The van der Waals surface area contributed by atoms with Gasteiger partial charge in [0.25, 0.3) is 5.91 Å². The van der Waals surface area contributed by atoms with E-state index in [-0.39, 0.29) is 5.91 Å². The van der Waals surface area contributed by atoms with Gasteiger partial charge in [-0.3, -0.25) is 9.89 Å². The molecule has 2 aromatic heterocycles. The zero-order chi connectivity index (χ0) is 19.6. The third-order valence-corrected chi connectivity index (χ3v) is 5.01. The second-order valence-corrected chi connectivity index (χ2v) is 7.28. The van der Waals surface area contributed by atoms with Crippen LogP contribution in [0.15, 0.2) is 67.3 Å². The predicted molar refractivity (Wildman–Crippen MR) is 110 cm³/mol. The van der Waals surface area contributed by atoms with Gasteiger partial charge in [0.05, 0.1) is 6.33 Å². The van der Waals surface area contributed by atoms with Crippen molar-refractivity contribution in [3.63, 3.8) is 0 Å². The topological polar surface area (TPSA) is 88.5 Å². The molecule has 5 rings (SSSR count). The summed E-state index contributed by atoms with van der Waals surface area (Å²) in [7, 11) is 0. The fourth-order valence-electron chi connectivity index (χ4n) is 3.20. The standard InChI is InChI=1S/C22H20N6O/c29-22(18-3-1-15(2-4-18)13-28-12-11-23-14-28)24-19-9-7-17(8-10-19)21-25-20(26-27-21)16-5-6-16/h1-4,7-12,14,16H,5-6,13H2,(H,24,29)(H,25,26,27). The first-order valence-corrected chi connectivity index (χ1v) is 9.63. The largest absolute Gasteiger partial charge is 0.333 e. The lowest BCUT2D eigenvalue weighted by Gasteiger charge is -2.07. The monoisotopic (exact) mass is 384 g/mol. The molecule has 1 amide bonds. The van der Waals surface area contributed by atoms with Crippen LogP contribution in [0.2, 0.25) is 0 Å². The van der Waals surface area contributed by atoms with Gasteiger partial charge in [-0.1, -0.05) is 12.1 Å². The molecule has 1 saturated carbocycles. The maximum Gasteiger partial charge on any atom is 0.255 e. The third kappa shape index (κ3) is 3.94. The first-order valence-electron chi connectivity index (χ1n) is 9.63. The minimum Gasteiger partial charge on any atom is -0.333 e. The molecule has 1 aliphatic carbocycles. The second-order valence-electron chi connectivity index (χ2n) is 7.28. The van der Waals surface area contributed by atoms with Gasteiger partial charge in [-0.05, 0) is 54.8 Å². The third-order valence-electron chi connectivity index (χ3n) is 5.01. The number of anilines is 1. The summed E-state index contributed by atoms with van der Waals surface area (Å²) in [6, 6.07) is 15.2. The lowest BCUT2D eigenvalue weighted by Crippen LogP contribution is -2.11. The number of aromatic nitrogens is 5. The van der Waals surface area contributed by atoms with Gasteiger partial charge < -0.3 is 9.88 Å². The number of hydrogen-bond donors (Lipinski definition) is 2. The molecule has 2 heterocycles. The number of rotatable bonds is 6. The number of aromatic amines is 1. The van der Waals surface area contributed by atoms with E-state index in [4.69, 9.17) is 0 Å². The number of imidazole rings is 1. The molecule has 7 heteroatoms. The van der Waals surface area contributed by atoms with E-state index in [1.54, 1.807) is 12.5 Å². The summed E-state index contributed by atoms with van der Waals surface area (Å²) in [6.07, 6.45) is 7.81. The van der Waals surface area contributed by atoms with Gasteiger partial charge in [0.1, 0.15) is 5.82 Å². The summed E-state index contributed by atoms with van der Waals surface area (Å²) in [6.45, 7) is 0.729. The van der Waals surface area contributed by atoms with E-state index in [1.165, 1.54) is 12.8 Å². The molecule has 0 aliphatic heterocycles. The van der Waals surface area contributed by atoms with Crippen LogP contribution < -0.4 is 5.32 Å². The van der Waals surface area contributed by atoms with Gasteiger partial charge in [0.15, 0.2) is 5.82 Å². The Bertz CT molecular complexity index is 1110. The average Bonchev–Trinajstić information content (AvgIpc) is 3.25. The molecular weight excluding hydrogens is 364 g/mol. The number of carbonyl (C=O) groups excluding carboxylic acids is 1. The molecule has 0 atom stereocenters. The van der Waals surface area contributed by atoms with Crippen LogP contribution in [0.3, 0.4) is 0 Å². The van der Waals surface area contributed by atoms with E-state index in [2.05, 4.69) is 25.5 Å². The van der Waals surface area contributed by atoms with E-state index >= 15 is 0 Å². The molecule has 1 aliphatic rings. The molecule has 1 fully saturated rings. The average molecular weight is 384 g/mol. The van der Waals surface area contributed by atoms with Gasteiger partial charge >= 0.3 is 0 Å². The molecule has 2 aromatic carbocycles. The van der Waals surface area contributed by atoms with Crippen LogP contribution in [0, 0.1) is 0 Å². The van der Waals surface area contributed by atoms with Crippen LogP contribution in [0.1, 0.15) is 40.5 Å². The fraction of sp³-hybridized carbons (Fsp3) is 0.182. The molecule has 144 valence electrons. The highest BCUT2D eigenvalue weighted by atomic mass is 16.1. The van der Waals surface area contributed by atoms with Crippen molar-refractivity contribution in [3.8, 4) is 11.4 Å². The Kier molecular flexibility index (Phi) is 4.40. The summed E-state index contributed by atoms with van der Waals surface area (Å²) in [5, 5.41) is 10.2. The fourth-order valence-corrected chi connectivity index (χ4v) is 3.20. The number of benzene rings is 2. The van der Waals surface area contributed by atoms with Crippen molar-refractivity contribution < 1.29 is 4.79 Å². The van der Waals surface area contributed by atoms with E-state index in [1.807, 2.05) is 59.3 Å². The molecule has 4 aromatic rings. The van der Waals surface area contributed by atoms with Crippen LogP contribution in [0.4, 0.5) is 5.69 Å². The SMILES string of the molecule is O=C(Nc1ccc(-c2n[nH]c(C3CC3)n2)cc1)c1ccc(Cn2ccnc2)cc1. The number of hydrogen-bond acceptors (Lipinski definition) is 4. The van der Waals surface area contributed by atoms with Crippen molar-refractivity contribution in [2.24, 2.45) is 0 Å². The maximum atomic E-state index is 12.5. The van der Waals surface area contributed by atoms with Crippen LogP contribution in [-0.4, -0.2) is 30.6 Å². The highest BCUT2D eigenvalue weighted by Gasteiger charge is 2.27. The van der Waals surface area contributed by atoms with Gasteiger partial charge in [0, 0.05) is 41.7 Å². The van der Waals surface area contributed by atoms with Crippen molar-refractivity contribution in [3.05, 3.63) is 84.2 Å². The Morgan fingerprint density at radius 1 is 1.10 bits per heavy atom. The Morgan fingerprint density at radius 2 is 1.90 bits per heavy atom. The molecular formula is C22H20N6O. The summed E-state index contributed by atoms with van der Waals surface area (Å²) >= 11 is 0. The van der Waals surface area contributed by atoms with Crippen LogP contribution in [0.5, 0.6) is 0 Å². The summed E-state index contributed by atoms with van der Waals surface area (Å²) in [4.78, 5) is 21.1. The highest BCUT2D eigenvalue weighted by Crippen LogP contribution is 2.38. The highest BCUT2D eigenvalue weighted by molar-refractivity contribution is 6.04. The number of carbonyl (C=O) groups is 1. The minimum atomic E-state index is -0.138. The van der Waals surface area contributed by atoms with Crippen molar-refractivity contribution in [2.75, 3.05) is 5.32 Å². The molecule has 0 spiro atoms. The summed E-state index contributed by atoms with van der Waals surface area (Å²) in [5.74, 6) is 2.06. The van der Waals surface area contributed by atoms with Crippen molar-refractivity contribution >= 4 is 11.6 Å². The minimum absolute atomic E-state index is 0.138. The zero-order valence-electron chi connectivity index (χ0n) is 15.7. The van der Waals surface area contributed by atoms with Gasteiger partial charge in [-0.15, -0.1) is 0 Å². The first kappa shape index (κ1) is 17.4. The van der Waals surface area contributed by atoms with E-state index < -0.39 is 0 Å². The maximum absolute atomic E-state index is 12.5.